The molecule has 0 aromatic carbocycles. The van der Waals surface area contributed by atoms with Crippen molar-refractivity contribution in [2.24, 2.45) is 5.84 Å². The number of nitrogens with one attached hydrogen (secondary N) is 1. The van der Waals surface area contributed by atoms with Crippen molar-refractivity contribution < 1.29 is 9.21 Å². The van der Waals surface area contributed by atoms with E-state index in [1.807, 2.05) is 11.7 Å². The summed E-state index contributed by atoms with van der Waals surface area (Å²) in [5.41, 5.74) is 2.00. The van der Waals surface area contributed by atoms with Crippen LogP contribution in [0.4, 0.5) is 0 Å². The van der Waals surface area contributed by atoms with Gasteiger partial charge in [0.25, 0.3) is 0 Å². The maximum Gasteiger partial charge on any atom is 0.300 e. The smallest absolute Gasteiger partial charge is 0.300 e. The normalized spacial score (nSPS) is 9.92. The molecule has 0 radical (unpaired) electrons. The van der Waals surface area contributed by atoms with E-state index in [-0.39, 0.29) is 5.76 Å². The van der Waals surface area contributed by atoms with Gasteiger partial charge in [-0.2, -0.15) is 0 Å². The van der Waals surface area contributed by atoms with Gasteiger partial charge < -0.3 is 4.42 Å². The number of nitrogen functional groups attached to an aromatic ring is 1. The highest BCUT2D eigenvalue weighted by Crippen LogP contribution is 2.23. The number of carbonyl (C=O) groups is 1. The summed E-state index contributed by atoms with van der Waals surface area (Å²) in [4.78, 5) is 11.9. The van der Waals surface area contributed by atoms with E-state index in [2.05, 4.69) is 0 Å². The van der Waals surface area contributed by atoms with Crippen molar-refractivity contribution in [3.63, 3.8) is 0 Å². The van der Waals surface area contributed by atoms with Crippen LogP contribution in [-0.4, -0.2) is 12.2 Å². The minimum Gasteiger partial charge on any atom is -0.455 e. The zero-order chi connectivity index (χ0) is 9.14. The number of amides is 1. The molecule has 0 saturated heterocycles. The van der Waals surface area contributed by atoms with Gasteiger partial charge in [-0.15, -0.1) is 11.8 Å². The molecular weight excluding hydrogens is 176 g/mol. The number of hydrogen-bond donors (Lipinski definition) is 2. The number of rotatable bonds is 2. The topological polar surface area (TPSA) is 68.3 Å². The van der Waals surface area contributed by atoms with Crippen LogP contribution in [0, 0.1) is 6.92 Å². The summed E-state index contributed by atoms with van der Waals surface area (Å²) in [6, 6.07) is 1.67. The minimum absolute atomic E-state index is 0.249. The van der Waals surface area contributed by atoms with Gasteiger partial charge >= 0.3 is 5.91 Å². The van der Waals surface area contributed by atoms with Crippen LogP contribution in [0.2, 0.25) is 0 Å². The highest BCUT2D eigenvalue weighted by atomic mass is 32.2. The Morgan fingerprint density at radius 2 is 2.42 bits per heavy atom. The highest BCUT2D eigenvalue weighted by Gasteiger charge is 2.11. The van der Waals surface area contributed by atoms with Crippen molar-refractivity contribution in [1.82, 2.24) is 5.43 Å². The van der Waals surface area contributed by atoms with Crippen LogP contribution in [0.3, 0.4) is 0 Å². The predicted octanol–water partition coefficient (Wildman–Crippen LogP) is 0.913. The molecule has 0 atom stereocenters. The van der Waals surface area contributed by atoms with Gasteiger partial charge in [0, 0.05) is 11.0 Å². The largest absolute Gasteiger partial charge is 0.455 e. The lowest BCUT2D eigenvalue weighted by molar-refractivity contribution is 0.0924. The van der Waals surface area contributed by atoms with Gasteiger partial charge in [-0.1, -0.05) is 0 Å². The monoisotopic (exact) mass is 186 g/mol. The van der Waals surface area contributed by atoms with Gasteiger partial charge in [-0.25, -0.2) is 5.84 Å². The van der Waals surface area contributed by atoms with Gasteiger partial charge in [0.2, 0.25) is 0 Å². The fourth-order valence-corrected chi connectivity index (χ4v) is 1.41. The number of furan rings is 1. The zero-order valence-corrected chi connectivity index (χ0v) is 7.70. The molecule has 3 N–H and O–H groups in total. The molecule has 0 bridgehead atoms. The standard InChI is InChI=1S/C7H10N2O2S/c1-4-6(12-2)3-5(11-4)7(10)9-8/h3H,8H2,1-2H3,(H,9,10). The second-order valence-corrected chi connectivity index (χ2v) is 3.06. The molecule has 5 heteroatoms. The number of thioether (sulfide) groups is 1. The molecule has 0 aliphatic carbocycles. The SMILES string of the molecule is CSc1cc(C(=O)NN)oc1C. The molecule has 66 valence electrons. The van der Waals surface area contributed by atoms with E-state index in [1.54, 1.807) is 13.0 Å². The van der Waals surface area contributed by atoms with E-state index in [1.165, 1.54) is 11.8 Å². The summed E-state index contributed by atoms with van der Waals surface area (Å²) in [6.45, 7) is 1.80. The lowest BCUT2D eigenvalue weighted by Crippen LogP contribution is -2.29. The van der Waals surface area contributed by atoms with Crippen LogP contribution in [0.1, 0.15) is 16.3 Å². The Balaban J connectivity index is 2.96. The third-order valence-electron chi connectivity index (χ3n) is 1.45. The van der Waals surface area contributed by atoms with Gasteiger partial charge in [0.05, 0.1) is 0 Å². The quantitative estimate of drug-likeness (QED) is 0.312. The summed E-state index contributed by atoms with van der Waals surface area (Å²) < 4.78 is 5.15. The average Bonchev–Trinajstić information content (AvgIpc) is 2.45. The summed E-state index contributed by atoms with van der Waals surface area (Å²) >= 11 is 1.53. The van der Waals surface area contributed by atoms with Gasteiger partial charge in [-0.3, -0.25) is 10.2 Å². The Bertz CT molecular complexity index is 296. The van der Waals surface area contributed by atoms with E-state index in [4.69, 9.17) is 10.3 Å². The lowest BCUT2D eigenvalue weighted by atomic mass is 10.4. The molecular formula is C7H10N2O2S. The van der Waals surface area contributed by atoms with E-state index in [9.17, 15) is 4.79 Å². The number of carbonyl (C=O) groups excluding carboxylic acids is 1. The molecule has 1 rings (SSSR count). The van der Waals surface area contributed by atoms with Crippen LogP contribution < -0.4 is 11.3 Å². The molecule has 12 heavy (non-hydrogen) atoms. The number of aryl methyl sites for hydroxylation is 1. The molecule has 4 nitrogen and oxygen atoms in total. The predicted molar refractivity (Wildman–Crippen MR) is 46.9 cm³/mol. The Morgan fingerprint density at radius 1 is 1.75 bits per heavy atom. The van der Waals surface area contributed by atoms with Crippen LogP contribution in [0.15, 0.2) is 15.4 Å². The molecule has 0 spiro atoms. The first-order valence-electron chi connectivity index (χ1n) is 3.34. The maximum absolute atomic E-state index is 11.0. The Kier molecular flexibility index (Phi) is 2.78. The van der Waals surface area contributed by atoms with Crippen molar-refractivity contribution in [1.29, 1.82) is 0 Å². The molecule has 1 amide bonds. The number of hydrazine groups is 1. The minimum atomic E-state index is -0.404. The highest BCUT2D eigenvalue weighted by molar-refractivity contribution is 7.98. The first-order valence-corrected chi connectivity index (χ1v) is 4.57. The number of hydrogen-bond acceptors (Lipinski definition) is 4. The number of nitrogens with two attached hydrogens (primary N) is 1. The molecule has 1 aromatic heterocycles. The maximum atomic E-state index is 11.0. The van der Waals surface area contributed by atoms with E-state index in [0.29, 0.717) is 0 Å². The molecule has 0 aliphatic heterocycles. The molecule has 0 fully saturated rings. The summed E-state index contributed by atoms with van der Waals surface area (Å²) in [6.07, 6.45) is 1.92. The second-order valence-electron chi connectivity index (χ2n) is 2.21. The van der Waals surface area contributed by atoms with Crippen molar-refractivity contribution in [2.45, 2.75) is 11.8 Å². The van der Waals surface area contributed by atoms with Crippen molar-refractivity contribution >= 4 is 17.7 Å². The van der Waals surface area contributed by atoms with Crippen LogP contribution >= 0.6 is 11.8 Å². The summed E-state index contributed by atoms with van der Waals surface area (Å²) in [7, 11) is 0. The van der Waals surface area contributed by atoms with E-state index in [0.717, 1.165) is 10.7 Å². The fraction of sp³-hybridized carbons (Fsp3) is 0.286. The summed E-state index contributed by atoms with van der Waals surface area (Å²) in [5.74, 6) is 5.52. The van der Waals surface area contributed by atoms with Crippen molar-refractivity contribution in [3.05, 3.63) is 17.6 Å². The van der Waals surface area contributed by atoms with Crippen molar-refractivity contribution in [2.75, 3.05) is 6.26 Å². The van der Waals surface area contributed by atoms with E-state index >= 15 is 0 Å². The summed E-state index contributed by atoms with van der Waals surface area (Å²) in [5, 5.41) is 0. The third-order valence-corrected chi connectivity index (χ3v) is 2.29. The Labute approximate surface area is 74.5 Å². The van der Waals surface area contributed by atoms with E-state index < -0.39 is 5.91 Å². The average molecular weight is 186 g/mol. The van der Waals surface area contributed by atoms with Crippen LogP contribution in [-0.2, 0) is 0 Å². The molecule has 0 unspecified atom stereocenters. The first-order chi connectivity index (χ1) is 5.69. The second kappa shape index (κ2) is 3.64. The molecule has 0 aliphatic rings. The van der Waals surface area contributed by atoms with Gasteiger partial charge in [0.1, 0.15) is 5.76 Å². The lowest BCUT2D eigenvalue weighted by Gasteiger charge is -1.91. The molecule has 1 aromatic rings. The molecule has 0 saturated carbocycles. The Hall–Kier alpha value is -0.940. The van der Waals surface area contributed by atoms with Gasteiger partial charge in [0.15, 0.2) is 5.76 Å². The fourth-order valence-electron chi connectivity index (χ4n) is 0.851. The zero-order valence-electron chi connectivity index (χ0n) is 6.88. The van der Waals surface area contributed by atoms with Crippen LogP contribution in [0.5, 0.6) is 0 Å². The first kappa shape index (κ1) is 9.15. The third kappa shape index (κ3) is 1.62. The molecule has 1 heterocycles. The Morgan fingerprint density at radius 3 is 2.83 bits per heavy atom. The van der Waals surface area contributed by atoms with Crippen molar-refractivity contribution in [3.8, 4) is 0 Å². The van der Waals surface area contributed by atoms with Crippen LogP contribution in [0.25, 0.3) is 0 Å². The van der Waals surface area contributed by atoms with Gasteiger partial charge in [-0.05, 0) is 13.2 Å².